The lowest BCUT2D eigenvalue weighted by atomic mass is 10.1. The zero-order valence-electron chi connectivity index (χ0n) is 11.0. The number of halogens is 1. The molecule has 0 unspecified atom stereocenters. The molecule has 2 aromatic rings. The first-order valence-corrected chi connectivity index (χ1v) is 6.77. The number of hydrogen-bond acceptors (Lipinski definition) is 3. The van der Waals surface area contributed by atoms with Crippen LogP contribution < -0.4 is 5.56 Å². The first-order chi connectivity index (χ1) is 10.1. The van der Waals surface area contributed by atoms with E-state index in [0.29, 0.717) is 16.1 Å². The first-order valence-electron chi connectivity index (χ1n) is 6.39. The van der Waals surface area contributed by atoms with Crippen LogP contribution in [0.25, 0.3) is 0 Å². The summed E-state index contributed by atoms with van der Waals surface area (Å²) < 4.78 is 1.38. The summed E-state index contributed by atoms with van der Waals surface area (Å²) in [6.07, 6.45) is 1.49. The zero-order chi connectivity index (χ0) is 15.0. The van der Waals surface area contributed by atoms with Gasteiger partial charge in [-0.05, 0) is 18.2 Å². The number of pyridine rings is 1. The average Bonchev–Trinajstić information content (AvgIpc) is 2.73. The van der Waals surface area contributed by atoms with Crippen molar-refractivity contribution < 1.29 is 9.59 Å². The van der Waals surface area contributed by atoms with Crippen molar-refractivity contribution in [1.82, 2.24) is 9.47 Å². The van der Waals surface area contributed by atoms with Crippen LogP contribution in [0.5, 0.6) is 0 Å². The Morgan fingerprint density at radius 3 is 2.10 bits per heavy atom. The maximum absolute atomic E-state index is 12.2. The molecule has 1 aromatic carbocycles. The third-order valence-electron chi connectivity index (χ3n) is 3.39. The van der Waals surface area contributed by atoms with Gasteiger partial charge in [0.15, 0.2) is 0 Å². The maximum atomic E-state index is 12.2. The summed E-state index contributed by atoms with van der Waals surface area (Å²) in [7, 11) is 0. The Bertz CT molecular complexity index is 763. The average molecular weight is 303 g/mol. The van der Waals surface area contributed by atoms with E-state index in [-0.39, 0.29) is 30.5 Å². The van der Waals surface area contributed by atoms with Gasteiger partial charge in [-0.15, -0.1) is 0 Å². The Morgan fingerprint density at radius 2 is 1.48 bits per heavy atom. The lowest BCUT2D eigenvalue weighted by Gasteiger charge is -2.14. The smallest absolute Gasteiger partial charge is 0.261 e. The molecule has 0 aliphatic carbocycles. The van der Waals surface area contributed by atoms with Gasteiger partial charge in [0.05, 0.1) is 16.1 Å². The highest BCUT2D eigenvalue weighted by molar-refractivity contribution is 6.30. The molecule has 0 N–H and O–H groups in total. The fraction of sp³-hybridized carbons (Fsp3) is 0.133. The molecule has 6 heteroatoms. The number of imide groups is 1. The van der Waals surface area contributed by atoms with Gasteiger partial charge in [0.25, 0.3) is 17.4 Å². The van der Waals surface area contributed by atoms with Crippen LogP contribution in [0.1, 0.15) is 20.7 Å². The summed E-state index contributed by atoms with van der Waals surface area (Å²) in [6, 6.07) is 9.54. The molecule has 21 heavy (non-hydrogen) atoms. The fourth-order valence-electron chi connectivity index (χ4n) is 2.33. The van der Waals surface area contributed by atoms with E-state index in [4.69, 9.17) is 11.6 Å². The second-order valence-corrected chi connectivity index (χ2v) is 5.12. The van der Waals surface area contributed by atoms with E-state index in [9.17, 15) is 14.4 Å². The normalized spacial score (nSPS) is 13.7. The van der Waals surface area contributed by atoms with Gasteiger partial charge in [-0.1, -0.05) is 23.7 Å². The minimum atomic E-state index is -0.328. The molecule has 3 rings (SSSR count). The zero-order valence-corrected chi connectivity index (χ0v) is 11.7. The number of nitrogens with zero attached hydrogens (tertiary/aromatic N) is 2. The van der Waals surface area contributed by atoms with Gasteiger partial charge in [-0.2, -0.15) is 0 Å². The molecule has 1 aliphatic heterocycles. The van der Waals surface area contributed by atoms with Crippen molar-refractivity contribution in [3.63, 3.8) is 0 Å². The third kappa shape index (κ3) is 2.36. The Morgan fingerprint density at radius 1 is 0.857 bits per heavy atom. The quantitative estimate of drug-likeness (QED) is 0.812. The highest BCUT2D eigenvalue weighted by Crippen LogP contribution is 2.22. The number of fused-ring (bicyclic) bond motifs is 1. The maximum Gasteiger partial charge on any atom is 0.261 e. The second kappa shape index (κ2) is 5.18. The van der Waals surface area contributed by atoms with Gasteiger partial charge < -0.3 is 4.57 Å². The third-order valence-corrected chi connectivity index (χ3v) is 3.61. The van der Waals surface area contributed by atoms with Crippen LogP contribution in [0.4, 0.5) is 0 Å². The number of benzene rings is 1. The van der Waals surface area contributed by atoms with Crippen LogP contribution in [0, 0.1) is 0 Å². The van der Waals surface area contributed by atoms with Crippen molar-refractivity contribution in [2.75, 3.05) is 6.54 Å². The molecule has 106 valence electrons. The molecule has 0 radical (unpaired) electrons. The van der Waals surface area contributed by atoms with Crippen molar-refractivity contribution in [3.8, 4) is 0 Å². The Balaban J connectivity index is 1.81. The summed E-state index contributed by atoms with van der Waals surface area (Å²) >= 11 is 5.84. The van der Waals surface area contributed by atoms with E-state index in [1.165, 1.54) is 22.9 Å². The van der Waals surface area contributed by atoms with Crippen LogP contribution in [-0.2, 0) is 6.54 Å². The molecule has 1 aromatic heterocycles. The molecule has 0 bridgehead atoms. The van der Waals surface area contributed by atoms with Crippen LogP contribution in [0.2, 0.25) is 5.02 Å². The number of rotatable bonds is 3. The largest absolute Gasteiger partial charge is 0.312 e. The molecule has 0 saturated carbocycles. The van der Waals surface area contributed by atoms with Gasteiger partial charge in [0.1, 0.15) is 0 Å². The molecule has 0 atom stereocenters. The predicted molar refractivity (Wildman–Crippen MR) is 77.5 cm³/mol. The van der Waals surface area contributed by atoms with Crippen molar-refractivity contribution in [2.45, 2.75) is 6.54 Å². The van der Waals surface area contributed by atoms with E-state index in [2.05, 4.69) is 0 Å². The van der Waals surface area contributed by atoms with Crippen LogP contribution >= 0.6 is 11.6 Å². The lowest BCUT2D eigenvalue weighted by Crippen LogP contribution is -2.34. The number of amides is 2. The van der Waals surface area contributed by atoms with E-state index in [1.807, 2.05) is 0 Å². The lowest BCUT2D eigenvalue weighted by molar-refractivity contribution is 0.0648. The standard InChI is InChI=1S/C15H11ClN2O3/c16-10-5-6-13(19)17(9-10)7-8-18-14(20)11-3-1-2-4-12(11)15(18)21/h1-6,9H,7-8H2. The van der Waals surface area contributed by atoms with Crippen LogP contribution in [0.3, 0.4) is 0 Å². The minimum Gasteiger partial charge on any atom is -0.312 e. The minimum absolute atomic E-state index is 0.132. The number of aromatic nitrogens is 1. The molecule has 2 amide bonds. The Labute approximate surface area is 125 Å². The van der Waals surface area contributed by atoms with E-state index in [0.717, 1.165) is 4.90 Å². The summed E-state index contributed by atoms with van der Waals surface area (Å²) in [5, 5.41) is 0.428. The summed E-state index contributed by atoms with van der Waals surface area (Å²) in [4.78, 5) is 37.2. The fourth-order valence-corrected chi connectivity index (χ4v) is 2.51. The van der Waals surface area contributed by atoms with Crippen molar-refractivity contribution in [1.29, 1.82) is 0 Å². The Kier molecular flexibility index (Phi) is 3.35. The topological polar surface area (TPSA) is 59.4 Å². The van der Waals surface area contributed by atoms with Crippen molar-refractivity contribution in [2.24, 2.45) is 0 Å². The van der Waals surface area contributed by atoms with Crippen molar-refractivity contribution >= 4 is 23.4 Å². The van der Waals surface area contributed by atoms with Gasteiger partial charge in [-0.3, -0.25) is 19.3 Å². The molecule has 0 fully saturated rings. The molecule has 1 aliphatic rings. The summed E-state index contributed by atoms with van der Waals surface area (Å²) in [5.41, 5.74) is 0.581. The predicted octanol–water partition coefficient (Wildman–Crippen LogP) is 1.80. The van der Waals surface area contributed by atoms with Gasteiger partial charge in [0.2, 0.25) is 0 Å². The molecular formula is C15H11ClN2O3. The van der Waals surface area contributed by atoms with Crippen molar-refractivity contribution in [3.05, 3.63) is 69.1 Å². The molecule has 2 heterocycles. The highest BCUT2D eigenvalue weighted by atomic mass is 35.5. The monoisotopic (exact) mass is 302 g/mol. The van der Waals surface area contributed by atoms with Crippen LogP contribution in [-0.4, -0.2) is 27.8 Å². The Hall–Kier alpha value is -2.40. The second-order valence-electron chi connectivity index (χ2n) is 4.69. The summed E-state index contributed by atoms with van der Waals surface area (Å²) in [5.74, 6) is -0.656. The molecule has 5 nitrogen and oxygen atoms in total. The molecular weight excluding hydrogens is 292 g/mol. The summed E-state index contributed by atoms with van der Waals surface area (Å²) in [6.45, 7) is 0.345. The number of hydrogen-bond donors (Lipinski definition) is 0. The van der Waals surface area contributed by atoms with Crippen LogP contribution in [0.15, 0.2) is 47.4 Å². The van der Waals surface area contributed by atoms with E-state index < -0.39 is 0 Å². The molecule has 0 saturated heterocycles. The highest BCUT2D eigenvalue weighted by Gasteiger charge is 2.34. The molecule has 0 spiro atoms. The number of carbonyl (C=O) groups excluding carboxylic acids is 2. The van der Waals surface area contributed by atoms with E-state index >= 15 is 0 Å². The SMILES string of the molecule is O=C1c2ccccc2C(=O)N1CCn1cc(Cl)ccc1=O. The number of carbonyl (C=O) groups is 2. The van der Waals surface area contributed by atoms with Gasteiger partial charge in [0, 0.05) is 25.4 Å². The first kappa shape index (κ1) is 13.6. The van der Waals surface area contributed by atoms with E-state index in [1.54, 1.807) is 24.3 Å². The van der Waals surface area contributed by atoms with Gasteiger partial charge in [-0.25, -0.2) is 0 Å². The van der Waals surface area contributed by atoms with Gasteiger partial charge >= 0.3 is 0 Å².